The van der Waals surface area contributed by atoms with Crippen LogP contribution in [-0.2, 0) is 5.41 Å². The van der Waals surface area contributed by atoms with Crippen LogP contribution in [0, 0.1) is 0 Å². The average molecular weight is 349 g/mol. The van der Waals surface area contributed by atoms with Crippen LogP contribution in [0.2, 0.25) is 0 Å². The van der Waals surface area contributed by atoms with Crippen molar-refractivity contribution in [2.75, 3.05) is 0 Å². The van der Waals surface area contributed by atoms with E-state index in [1.165, 1.54) is 22.4 Å². The van der Waals surface area contributed by atoms with Gasteiger partial charge in [0.2, 0.25) is 5.69 Å². The van der Waals surface area contributed by atoms with Crippen molar-refractivity contribution in [3.8, 4) is 0 Å². The highest BCUT2D eigenvalue weighted by molar-refractivity contribution is 5.73. The fraction of sp³-hybridized carbons (Fsp3) is 0.480. The maximum atomic E-state index is 2.59. The lowest BCUT2D eigenvalue weighted by Gasteiger charge is -2.24. The molecule has 0 bridgehead atoms. The van der Waals surface area contributed by atoms with Crippen LogP contribution in [0.25, 0.3) is 0 Å². The van der Waals surface area contributed by atoms with Crippen molar-refractivity contribution in [3.05, 3.63) is 65.2 Å². The first kappa shape index (κ1) is 18.9. The zero-order chi connectivity index (χ0) is 19.1. The third kappa shape index (κ3) is 3.24. The van der Waals surface area contributed by atoms with Crippen LogP contribution in [0.3, 0.4) is 0 Å². The lowest BCUT2D eigenvalue weighted by Crippen LogP contribution is -2.31. The van der Waals surface area contributed by atoms with Crippen molar-refractivity contribution >= 4 is 11.9 Å². The Morgan fingerprint density at radius 1 is 0.769 bits per heavy atom. The highest BCUT2D eigenvalue weighted by Gasteiger charge is 2.50. The highest BCUT2D eigenvalue weighted by Crippen LogP contribution is 2.45. The summed E-state index contributed by atoms with van der Waals surface area (Å²) in [5.41, 5.74) is 5.89. The quantitative estimate of drug-likeness (QED) is 0.535. The van der Waals surface area contributed by atoms with E-state index in [1.54, 1.807) is 0 Å². The molecule has 1 nitrogen and oxygen atoms in total. The summed E-state index contributed by atoms with van der Waals surface area (Å²) in [5, 5.41) is 0. The average Bonchev–Trinajstić information content (AvgIpc) is 2.85. The molecule has 1 aliphatic heterocycles. The summed E-state index contributed by atoms with van der Waals surface area (Å²) in [7, 11) is 0. The standard InChI is InChI=1S/C25H34N/c1-18(2)21-14-11-15-22(19(3)4)23(21)26-17-25(7,16-24(26,5)6)20-12-9-8-10-13-20/h8-15,17-19H,16H2,1-7H3/q+1. The van der Waals surface area contributed by atoms with E-state index >= 15 is 0 Å². The van der Waals surface area contributed by atoms with E-state index in [2.05, 4.69) is 108 Å². The van der Waals surface area contributed by atoms with Gasteiger partial charge in [-0.3, -0.25) is 0 Å². The molecule has 0 aliphatic carbocycles. The molecule has 0 saturated heterocycles. The molecule has 1 unspecified atom stereocenters. The molecule has 1 heteroatoms. The Kier molecular flexibility index (Phi) is 4.86. The Balaban J connectivity index is 2.24. The normalized spacial score (nSPS) is 22.1. The molecule has 2 aromatic rings. The van der Waals surface area contributed by atoms with Gasteiger partial charge in [-0.25, -0.2) is 0 Å². The van der Waals surface area contributed by atoms with Gasteiger partial charge in [0.25, 0.3) is 0 Å². The topological polar surface area (TPSA) is 3.01 Å². The number of benzene rings is 2. The number of hydrogen-bond acceptors (Lipinski definition) is 0. The van der Waals surface area contributed by atoms with Crippen molar-refractivity contribution in [3.63, 3.8) is 0 Å². The second-order valence-electron chi connectivity index (χ2n) is 9.37. The van der Waals surface area contributed by atoms with Crippen LogP contribution >= 0.6 is 0 Å². The molecular formula is C25H34N+. The summed E-state index contributed by atoms with van der Waals surface area (Å²) in [6.07, 6.45) is 3.61. The van der Waals surface area contributed by atoms with Crippen LogP contribution in [-0.4, -0.2) is 16.3 Å². The predicted molar refractivity (Wildman–Crippen MR) is 113 cm³/mol. The van der Waals surface area contributed by atoms with Crippen LogP contribution in [0.1, 0.15) is 83.4 Å². The van der Waals surface area contributed by atoms with Gasteiger partial charge in [0.1, 0.15) is 0 Å². The summed E-state index contributed by atoms with van der Waals surface area (Å²) < 4.78 is 2.59. The lowest BCUT2D eigenvalue weighted by molar-refractivity contribution is -0.513. The van der Waals surface area contributed by atoms with Gasteiger partial charge in [-0.1, -0.05) is 76.2 Å². The molecule has 2 aromatic carbocycles. The highest BCUT2D eigenvalue weighted by atomic mass is 15.1. The van der Waals surface area contributed by atoms with Gasteiger partial charge in [0.15, 0.2) is 11.8 Å². The molecule has 0 fully saturated rings. The Morgan fingerprint density at radius 3 is 1.81 bits per heavy atom. The monoisotopic (exact) mass is 348 g/mol. The lowest BCUT2D eigenvalue weighted by atomic mass is 9.77. The molecule has 138 valence electrons. The second-order valence-corrected chi connectivity index (χ2v) is 9.37. The van der Waals surface area contributed by atoms with Crippen molar-refractivity contribution in [2.24, 2.45) is 0 Å². The van der Waals surface area contributed by atoms with Crippen molar-refractivity contribution in [2.45, 2.75) is 77.7 Å². The molecule has 0 spiro atoms. The molecule has 3 rings (SSSR count). The van der Waals surface area contributed by atoms with E-state index in [0.29, 0.717) is 11.8 Å². The van der Waals surface area contributed by atoms with E-state index in [0.717, 1.165) is 6.42 Å². The minimum Gasteiger partial charge on any atom is -0.196 e. The van der Waals surface area contributed by atoms with Crippen LogP contribution in [0.5, 0.6) is 0 Å². The summed E-state index contributed by atoms with van der Waals surface area (Å²) in [4.78, 5) is 0. The molecule has 1 aliphatic rings. The van der Waals surface area contributed by atoms with Gasteiger partial charge in [-0.2, -0.15) is 4.58 Å². The van der Waals surface area contributed by atoms with E-state index in [-0.39, 0.29) is 11.0 Å². The molecule has 0 N–H and O–H groups in total. The van der Waals surface area contributed by atoms with Gasteiger partial charge in [-0.05, 0) is 24.3 Å². The first-order valence-corrected chi connectivity index (χ1v) is 9.99. The predicted octanol–water partition coefficient (Wildman–Crippen LogP) is 6.79. The van der Waals surface area contributed by atoms with E-state index in [9.17, 15) is 0 Å². The Bertz CT molecular complexity index is 785. The first-order valence-electron chi connectivity index (χ1n) is 9.99. The summed E-state index contributed by atoms with van der Waals surface area (Å²) in [6, 6.07) is 17.8. The number of nitrogens with zero attached hydrogens (tertiary/aromatic N) is 1. The number of hydrogen-bond donors (Lipinski definition) is 0. The summed E-state index contributed by atoms with van der Waals surface area (Å²) >= 11 is 0. The second kappa shape index (κ2) is 6.68. The smallest absolute Gasteiger partial charge is 0.196 e. The molecule has 1 heterocycles. The van der Waals surface area contributed by atoms with E-state index < -0.39 is 0 Å². The number of para-hydroxylation sites is 1. The van der Waals surface area contributed by atoms with Crippen molar-refractivity contribution in [1.29, 1.82) is 0 Å². The van der Waals surface area contributed by atoms with Crippen molar-refractivity contribution in [1.82, 2.24) is 0 Å². The maximum Gasteiger partial charge on any atom is 0.212 e. The van der Waals surface area contributed by atoms with Crippen LogP contribution in [0.15, 0.2) is 48.5 Å². The molecule has 0 amide bonds. The molecular weight excluding hydrogens is 314 g/mol. The summed E-state index contributed by atoms with van der Waals surface area (Å²) in [5.74, 6) is 1.02. The Morgan fingerprint density at radius 2 is 1.31 bits per heavy atom. The van der Waals surface area contributed by atoms with Gasteiger partial charge in [-0.15, -0.1) is 0 Å². The molecule has 0 aromatic heterocycles. The third-order valence-electron chi connectivity index (χ3n) is 5.88. The van der Waals surface area contributed by atoms with Gasteiger partial charge >= 0.3 is 0 Å². The van der Waals surface area contributed by atoms with Crippen LogP contribution in [0.4, 0.5) is 5.69 Å². The molecule has 1 atom stereocenters. The van der Waals surface area contributed by atoms with Gasteiger partial charge in [0.05, 0.1) is 5.41 Å². The summed E-state index contributed by atoms with van der Waals surface area (Å²) in [6.45, 7) is 16.4. The molecule has 26 heavy (non-hydrogen) atoms. The van der Waals surface area contributed by atoms with Gasteiger partial charge in [0, 0.05) is 31.4 Å². The largest absolute Gasteiger partial charge is 0.212 e. The first-order chi connectivity index (χ1) is 12.2. The SMILES string of the molecule is CC(C)c1cccc(C(C)C)c1[N+]1=CC(C)(c2ccccc2)CC1(C)C. The minimum atomic E-state index is 0.0586. The Hall–Kier alpha value is -1.89. The van der Waals surface area contributed by atoms with Gasteiger partial charge < -0.3 is 0 Å². The van der Waals surface area contributed by atoms with E-state index in [4.69, 9.17) is 0 Å². The van der Waals surface area contributed by atoms with E-state index in [1.807, 2.05) is 0 Å². The van der Waals surface area contributed by atoms with Crippen LogP contribution < -0.4 is 0 Å². The fourth-order valence-electron chi connectivity index (χ4n) is 4.64. The number of rotatable bonds is 4. The third-order valence-corrected chi connectivity index (χ3v) is 5.88. The molecule has 0 radical (unpaired) electrons. The Labute approximate surface area is 159 Å². The zero-order valence-corrected chi connectivity index (χ0v) is 17.5. The molecule has 0 saturated carbocycles. The maximum absolute atomic E-state index is 2.59. The minimum absolute atomic E-state index is 0.0586. The van der Waals surface area contributed by atoms with Crippen molar-refractivity contribution < 1.29 is 4.58 Å². The zero-order valence-electron chi connectivity index (χ0n) is 17.5. The fourth-order valence-corrected chi connectivity index (χ4v) is 4.64.